The van der Waals surface area contributed by atoms with Crippen molar-refractivity contribution in [3.05, 3.63) is 101 Å². The largest absolute Gasteiger partial charge is 0.348 e. The van der Waals surface area contributed by atoms with Crippen molar-refractivity contribution >= 4 is 15.9 Å². The maximum absolute atomic E-state index is 13.3. The van der Waals surface area contributed by atoms with E-state index in [1.807, 2.05) is 51.1 Å². The van der Waals surface area contributed by atoms with Crippen LogP contribution in [0.5, 0.6) is 0 Å². The summed E-state index contributed by atoms with van der Waals surface area (Å²) in [6.07, 6.45) is 0.247. The fourth-order valence-electron chi connectivity index (χ4n) is 3.73. The van der Waals surface area contributed by atoms with E-state index in [4.69, 9.17) is 0 Å². The number of benzene rings is 3. The number of carbonyl (C=O) groups is 1. The number of amides is 1. The van der Waals surface area contributed by atoms with Crippen molar-refractivity contribution in [1.82, 2.24) is 10.0 Å². The highest BCUT2D eigenvalue weighted by molar-refractivity contribution is 7.89. The van der Waals surface area contributed by atoms with Crippen LogP contribution in [-0.2, 0) is 21.2 Å². The fraction of sp³-hybridized carbons (Fsp3) is 0.269. The highest BCUT2D eigenvalue weighted by atomic mass is 32.2. The molecular weight excluding hydrogens is 420 g/mol. The molecule has 6 heteroatoms. The van der Waals surface area contributed by atoms with E-state index in [2.05, 4.69) is 29.1 Å². The molecule has 0 aliphatic carbocycles. The van der Waals surface area contributed by atoms with Gasteiger partial charge >= 0.3 is 0 Å². The summed E-state index contributed by atoms with van der Waals surface area (Å²) in [6, 6.07) is 20.5. The average molecular weight is 451 g/mol. The summed E-state index contributed by atoms with van der Waals surface area (Å²) in [4.78, 5) is 13.4. The Hall–Kier alpha value is -2.96. The van der Waals surface area contributed by atoms with Gasteiger partial charge in [-0.1, -0.05) is 60.7 Å². The topological polar surface area (TPSA) is 75.3 Å². The SMILES string of the molecule is Cc1cc(C)c(C(C)NC(=O)C(Cc2ccccc2)NS(=O)(=O)c2ccccc2)cc1C. The number of aryl methyl sites for hydroxylation is 3. The predicted octanol–water partition coefficient (Wildman–Crippen LogP) is 4.38. The number of nitrogens with one attached hydrogen (secondary N) is 2. The van der Waals surface area contributed by atoms with Crippen LogP contribution in [-0.4, -0.2) is 20.4 Å². The molecule has 3 aromatic rings. The van der Waals surface area contributed by atoms with Crippen LogP contribution in [0.2, 0.25) is 0 Å². The van der Waals surface area contributed by atoms with Gasteiger partial charge in [0.15, 0.2) is 0 Å². The molecule has 0 saturated carbocycles. The van der Waals surface area contributed by atoms with E-state index in [0.29, 0.717) is 0 Å². The van der Waals surface area contributed by atoms with Crippen molar-refractivity contribution in [2.45, 2.75) is 51.1 Å². The zero-order valence-corrected chi connectivity index (χ0v) is 19.7. The molecule has 0 bridgehead atoms. The number of sulfonamides is 1. The van der Waals surface area contributed by atoms with Gasteiger partial charge in [-0.3, -0.25) is 4.79 Å². The van der Waals surface area contributed by atoms with Gasteiger partial charge in [-0.15, -0.1) is 0 Å². The first-order valence-electron chi connectivity index (χ1n) is 10.7. The Balaban J connectivity index is 1.85. The summed E-state index contributed by atoms with van der Waals surface area (Å²) in [7, 11) is -3.86. The van der Waals surface area contributed by atoms with E-state index in [0.717, 1.165) is 22.3 Å². The van der Waals surface area contributed by atoms with Gasteiger partial charge in [-0.05, 0) is 74.1 Å². The van der Waals surface area contributed by atoms with Gasteiger partial charge in [0.25, 0.3) is 0 Å². The summed E-state index contributed by atoms with van der Waals surface area (Å²) in [5.74, 6) is -0.363. The third-order valence-electron chi connectivity index (χ3n) is 5.66. The van der Waals surface area contributed by atoms with Crippen molar-refractivity contribution in [2.24, 2.45) is 0 Å². The predicted molar refractivity (Wildman–Crippen MR) is 128 cm³/mol. The van der Waals surface area contributed by atoms with Crippen LogP contribution in [0.25, 0.3) is 0 Å². The molecule has 0 aromatic heterocycles. The van der Waals surface area contributed by atoms with E-state index in [1.54, 1.807) is 18.2 Å². The molecule has 0 spiro atoms. The van der Waals surface area contributed by atoms with Crippen molar-refractivity contribution < 1.29 is 13.2 Å². The summed E-state index contributed by atoms with van der Waals surface area (Å²) in [6.45, 7) is 8.03. The van der Waals surface area contributed by atoms with Crippen molar-refractivity contribution in [1.29, 1.82) is 0 Å². The molecule has 2 unspecified atom stereocenters. The summed E-state index contributed by atoms with van der Waals surface area (Å²) in [5, 5.41) is 3.01. The molecule has 1 amide bonds. The highest BCUT2D eigenvalue weighted by Gasteiger charge is 2.27. The first kappa shape index (κ1) is 23.7. The average Bonchev–Trinajstić information content (AvgIpc) is 2.77. The van der Waals surface area contributed by atoms with Gasteiger partial charge in [-0.2, -0.15) is 4.72 Å². The second kappa shape index (κ2) is 10.1. The van der Waals surface area contributed by atoms with Gasteiger partial charge in [0.1, 0.15) is 6.04 Å². The third-order valence-corrected chi connectivity index (χ3v) is 7.15. The molecular formula is C26H30N2O3S. The number of hydrogen-bond donors (Lipinski definition) is 2. The lowest BCUT2D eigenvalue weighted by molar-refractivity contribution is -0.123. The maximum Gasteiger partial charge on any atom is 0.241 e. The number of carbonyl (C=O) groups excluding carboxylic acids is 1. The molecule has 2 atom stereocenters. The second-order valence-corrected chi connectivity index (χ2v) is 9.91. The minimum absolute atomic E-state index is 0.129. The molecule has 32 heavy (non-hydrogen) atoms. The number of rotatable bonds is 8. The zero-order chi connectivity index (χ0) is 23.3. The summed E-state index contributed by atoms with van der Waals surface area (Å²) < 4.78 is 28.5. The van der Waals surface area contributed by atoms with Gasteiger partial charge < -0.3 is 5.32 Å². The van der Waals surface area contributed by atoms with Crippen LogP contribution < -0.4 is 10.0 Å². The zero-order valence-electron chi connectivity index (χ0n) is 18.9. The van der Waals surface area contributed by atoms with E-state index >= 15 is 0 Å². The summed E-state index contributed by atoms with van der Waals surface area (Å²) >= 11 is 0. The molecule has 3 aromatic carbocycles. The van der Waals surface area contributed by atoms with Crippen LogP contribution in [0.3, 0.4) is 0 Å². The van der Waals surface area contributed by atoms with Crippen LogP contribution in [0, 0.1) is 20.8 Å². The maximum atomic E-state index is 13.3. The Bertz CT molecular complexity index is 1180. The first-order valence-corrected chi connectivity index (χ1v) is 12.1. The van der Waals surface area contributed by atoms with Gasteiger partial charge in [0.05, 0.1) is 10.9 Å². The van der Waals surface area contributed by atoms with Crippen molar-refractivity contribution in [2.75, 3.05) is 0 Å². The van der Waals surface area contributed by atoms with Crippen LogP contribution in [0.4, 0.5) is 0 Å². The molecule has 168 valence electrons. The second-order valence-electron chi connectivity index (χ2n) is 8.20. The molecule has 0 saturated heterocycles. The smallest absolute Gasteiger partial charge is 0.241 e. The normalized spacial score (nSPS) is 13.4. The first-order chi connectivity index (χ1) is 15.2. The summed E-state index contributed by atoms with van der Waals surface area (Å²) in [5.41, 5.74) is 5.33. The Kier molecular flexibility index (Phi) is 7.48. The lowest BCUT2D eigenvalue weighted by atomic mass is 9.96. The molecule has 0 aliphatic heterocycles. The quantitative estimate of drug-likeness (QED) is 0.535. The Labute approximate surface area is 190 Å². The molecule has 2 N–H and O–H groups in total. The van der Waals surface area contributed by atoms with Crippen LogP contribution in [0.15, 0.2) is 77.7 Å². The minimum Gasteiger partial charge on any atom is -0.348 e. The van der Waals surface area contributed by atoms with E-state index in [9.17, 15) is 13.2 Å². The highest BCUT2D eigenvalue weighted by Crippen LogP contribution is 2.22. The lowest BCUT2D eigenvalue weighted by Crippen LogP contribution is -2.48. The lowest BCUT2D eigenvalue weighted by Gasteiger charge is -2.23. The standard InChI is InChI=1S/C26H30N2O3S/c1-18-15-20(3)24(16-19(18)2)21(4)27-26(29)25(17-22-11-7-5-8-12-22)28-32(30,31)23-13-9-6-10-14-23/h5-16,21,25,28H,17H2,1-4H3,(H,27,29). The molecule has 0 radical (unpaired) electrons. The van der Waals surface area contributed by atoms with Crippen molar-refractivity contribution in [3.8, 4) is 0 Å². The minimum atomic E-state index is -3.86. The fourth-order valence-corrected chi connectivity index (χ4v) is 4.95. The Morgan fingerprint density at radius 2 is 1.41 bits per heavy atom. The van der Waals surface area contributed by atoms with Crippen LogP contribution in [0.1, 0.15) is 40.8 Å². The Morgan fingerprint density at radius 1 is 0.844 bits per heavy atom. The molecule has 0 aliphatic rings. The molecule has 3 rings (SSSR count). The monoisotopic (exact) mass is 450 g/mol. The van der Waals surface area contributed by atoms with Gasteiger partial charge in [-0.25, -0.2) is 8.42 Å². The van der Waals surface area contributed by atoms with Gasteiger partial charge in [0.2, 0.25) is 15.9 Å². The Morgan fingerprint density at radius 3 is 2.03 bits per heavy atom. The van der Waals surface area contributed by atoms with Crippen molar-refractivity contribution in [3.63, 3.8) is 0 Å². The van der Waals surface area contributed by atoms with E-state index in [1.165, 1.54) is 17.7 Å². The number of hydrogen-bond acceptors (Lipinski definition) is 3. The third kappa shape index (κ3) is 5.84. The van der Waals surface area contributed by atoms with Crippen LogP contribution >= 0.6 is 0 Å². The molecule has 5 nitrogen and oxygen atoms in total. The van der Waals surface area contributed by atoms with Gasteiger partial charge in [0, 0.05) is 0 Å². The molecule has 0 heterocycles. The van der Waals surface area contributed by atoms with E-state index in [-0.39, 0.29) is 23.3 Å². The molecule has 0 fully saturated rings. The van der Waals surface area contributed by atoms with E-state index < -0.39 is 16.1 Å².